The van der Waals surface area contributed by atoms with Crippen LogP contribution in [-0.2, 0) is 19.2 Å². The van der Waals surface area contributed by atoms with E-state index in [0.29, 0.717) is 11.8 Å². The molecule has 7 rings (SSSR count). The van der Waals surface area contributed by atoms with Crippen LogP contribution in [-0.4, -0.2) is 32.7 Å². The van der Waals surface area contributed by atoms with Gasteiger partial charge in [-0.25, -0.2) is 14.5 Å². The molecule has 0 N–H and O–H groups in total. The van der Waals surface area contributed by atoms with Crippen LogP contribution in [0.3, 0.4) is 0 Å². The molecule has 4 saturated heterocycles. The van der Waals surface area contributed by atoms with Crippen molar-refractivity contribution in [3.8, 4) is 11.3 Å². The average molecular weight is 412 g/mol. The first-order valence-corrected chi connectivity index (χ1v) is 11.2. The highest BCUT2D eigenvalue weighted by Crippen LogP contribution is 2.61. The third kappa shape index (κ3) is 2.59. The SMILES string of the molecule is C[C@@H]1[C@@H](n2cc(-c3ccccc3)nn2)O[C@@H]2O[C@@]3(C)CC[C@H]4[C@H](C)CC[C@@H]1[C@@]24OO3. The van der Waals surface area contributed by atoms with Crippen LogP contribution >= 0.6 is 0 Å². The van der Waals surface area contributed by atoms with Crippen molar-refractivity contribution in [1.29, 1.82) is 0 Å². The molecule has 5 fully saturated rings. The van der Waals surface area contributed by atoms with Crippen LogP contribution in [0.4, 0.5) is 0 Å². The molecule has 7 nitrogen and oxygen atoms in total. The summed E-state index contributed by atoms with van der Waals surface area (Å²) in [5.74, 6) is 0.621. The molecule has 1 aromatic carbocycles. The number of nitrogens with zero attached hydrogens (tertiary/aromatic N) is 3. The van der Waals surface area contributed by atoms with Crippen molar-refractivity contribution in [3.63, 3.8) is 0 Å². The predicted octanol–water partition coefficient (Wildman–Crippen LogP) is 4.33. The quantitative estimate of drug-likeness (QED) is 0.686. The molecule has 5 heterocycles. The minimum absolute atomic E-state index is 0.191. The molecule has 0 radical (unpaired) electrons. The maximum absolute atomic E-state index is 6.63. The number of hydrogen-bond acceptors (Lipinski definition) is 6. The van der Waals surface area contributed by atoms with Gasteiger partial charge in [0.05, 0.1) is 6.20 Å². The summed E-state index contributed by atoms with van der Waals surface area (Å²) < 4.78 is 14.9. The molecule has 8 atom stereocenters. The molecule has 1 saturated carbocycles. The number of ether oxygens (including phenoxy) is 2. The highest BCUT2D eigenvalue weighted by atomic mass is 17.3. The molecule has 7 heteroatoms. The summed E-state index contributed by atoms with van der Waals surface area (Å²) >= 11 is 0. The number of hydrogen-bond donors (Lipinski definition) is 0. The minimum atomic E-state index is -0.764. The number of rotatable bonds is 2. The first kappa shape index (κ1) is 18.9. The lowest BCUT2D eigenvalue weighted by atomic mass is 9.58. The van der Waals surface area contributed by atoms with Crippen molar-refractivity contribution in [1.82, 2.24) is 15.0 Å². The van der Waals surface area contributed by atoms with Gasteiger partial charge in [0.2, 0.25) is 5.79 Å². The fourth-order valence-corrected chi connectivity index (χ4v) is 6.33. The summed E-state index contributed by atoms with van der Waals surface area (Å²) in [5.41, 5.74) is 1.34. The summed E-state index contributed by atoms with van der Waals surface area (Å²) in [4.78, 5) is 12.1. The van der Waals surface area contributed by atoms with E-state index in [1.807, 2.05) is 48.1 Å². The Balaban J connectivity index is 1.38. The second-order valence-electron chi connectivity index (χ2n) is 9.75. The molecule has 0 unspecified atom stereocenters. The van der Waals surface area contributed by atoms with Crippen molar-refractivity contribution in [2.45, 2.75) is 70.4 Å². The van der Waals surface area contributed by atoms with Crippen molar-refractivity contribution < 1.29 is 19.2 Å². The minimum Gasteiger partial charge on any atom is -0.324 e. The molecule has 2 aromatic rings. The van der Waals surface area contributed by atoms with Gasteiger partial charge in [-0.2, -0.15) is 0 Å². The Morgan fingerprint density at radius 1 is 1.03 bits per heavy atom. The fourth-order valence-electron chi connectivity index (χ4n) is 6.33. The lowest BCUT2D eigenvalue weighted by Gasteiger charge is -2.60. The van der Waals surface area contributed by atoms with Crippen LogP contribution in [0.1, 0.15) is 52.7 Å². The smallest absolute Gasteiger partial charge is 0.201 e. The second kappa shape index (κ2) is 6.60. The highest BCUT2D eigenvalue weighted by Gasteiger charge is 2.69. The Morgan fingerprint density at radius 3 is 2.70 bits per heavy atom. The lowest BCUT2D eigenvalue weighted by molar-refractivity contribution is -0.574. The summed E-state index contributed by atoms with van der Waals surface area (Å²) in [5, 5.41) is 8.85. The summed E-state index contributed by atoms with van der Waals surface area (Å²) in [6.07, 6.45) is 5.36. The van der Waals surface area contributed by atoms with E-state index < -0.39 is 17.7 Å². The molecule has 1 aliphatic carbocycles. The maximum Gasteiger partial charge on any atom is 0.201 e. The molecule has 5 aliphatic rings. The Hall–Kier alpha value is -1.80. The van der Waals surface area contributed by atoms with Gasteiger partial charge in [0, 0.05) is 23.8 Å². The lowest BCUT2D eigenvalue weighted by Crippen LogP contribution is -2.69. The first-order valence-electron chi connectivity index (χ1n) is 11.2. The van der Waals surface area contributed by atoms with Gasteiger partial charge in [-0.3, -0.25) is 0 Å². The van der Waals surface area contributed by atoms with Gasteiger partial charge in [-0.1, -0.05) is 49.4 Å². The molecule has 0 amide bonds. The van der Waals surface area contributed by atoms with Gasteiger partial charge in [0.15, 0.2) is 18.1 Å². The van der Waals surface area contributed by atoms with E-state index in [-0.39, 0.29) is 18.1 Å². The summed E-state index contributed by atoms with van der Waals surface area (Å²) in [7, 11) is 0. The molecule has 160 valence electrons. The van der Waals surface area contributed by atoms with E-state index in [4.69, 9.17) is 19.2 Å². The molecular weight excluding hydrogens is 382 g/mol. The zero-order valence-corrected chi connectivity index (χ0v) is 17.7. The van der Waals surface area contributed by atoms with E-state index in [9.17, 15) is 0 Å². The van der Waals surface area contributed by atoms with Crippen LogP contribution in [0, 0.1) is 23.7 Å². The molecule has 2 bridgehead atoms. The van der Waals surface area contributed by atoms with E-state index in [0.717, 1.165) is 30.5 Å². The molecule has 30 heavy (non-hydrogen) atoms. The van der Waals surface area contributed by atoms with E-state index in [2.05, 4.69) is 24.2 Å². The van der Waals surface area contributed by atoms with E-state index >= 15 is 0 Å². The largest absolute Gasteiger partial charge is 0.324 e. The van der Waals surface area contributed by atoms with E-state index in [1.165, 1.54) is 6.42 Å². The molecular formula is C23H29N3O4. The Bertz CT molecular complexity index is 936. The number of fused-ring (bicyclic) bond motifs is 2. The van der Waals surface area contributed by atoms with Gasteiger partial charge in [-0.05, 0) is 38.0 Å². The van der Waals surface area contributed by atoms with Crippen LogP contribution in [0.2, 0.25) is 0 Å². The van der Waals surface area contributed by atoms with Crippen LogP contribution < -0.4 is 0 Å². The van der Waals surface area contributed by atoms with Crippen molar-refractivity contribution >= 4 is 0 Å². The Labute approximate surface area is 176 Å². The van der Waals surface area contributed by atoms with Gasteiger partial charge in [-0.15, -0.1) is 5.10 Å². The third-order valence-electron chi connectivity index (χ3n) is 7.96. The maximum atomic E-state index is 6.63. The monoisotopic (exact) mass is 411 g/mol. The first-order chi connectivity index (χ1) is 14.5. The average Bonchev–Trinajstić information content (AvgIpc) is 3.13. The summed E-state index contributed by atoms with van der Waals surface area (Å²) in [6.45, 7) is 6.52. The van der Waals surface area contributed by atoms with Crippen molar-refractivity contribution in [2.24, 2.45) is 23.7 Å². The topological polar surface area (TPSA) is 67.6 Å². The zero-order valence-electron chi connectivity index (χ0n) is 17.7. The van der Waals surface area contributed by atoms with Crippen LogP contribution in [0.15, 0.2) is 36.5 Å². The highest BCUT2D eigenvalue weighted by molar-refractivity contribution is 5.57. The molecule has 1 spiro atoms. The normalized spacial score (nSPS) is 45.0. The van der Waals surface area contributed by atoms with Crippen LogP contribution in [0.25, 0.3) is 11.3 Å². The number of aromatic nitrogens is 3. The predicted molar refractivity (Wildman–Crippen MR) is 108 cm³/mol. The van der Waals surface area contributed by atoms with E-state index in [1.54, 1.807) is 0 Å². The van der Waals surface area contributed by atoms with Gasteiger partial charge in [0.1, 0.15) is 5.69 Å². The standard InChI is InChI=1S/C23H29N3O4/c1-14-9-10-18-15(2)20(26-13-19(24-25-26)16-7-5-4-6-8-16)27-21-23(18)17(14)11-12-22(3,28-21)29-30-23/h4-8,13-15,17-18,20-21H,9-12H2,1-3H3/t14-,15+,17+,18+,20+,21-,22-,23-/m1/s1. The Kier molecular flexibility index (Phi) is 4.16. The van der Waals surface area contributed by atoms with Crippen molar-refractivity contribution in [3.05, 3.63) is 36.5 Å². The fraction of sp³-hybridized carbons (Fsp3) is 0.652. The second-order valence-corrected chi connectivity index (χ2v) is 9.75. The Morgan fingerprint density at radius 2 is 1.87 bits per heavy atom. The van der Waals surface area contributed by atoms with Gasteiger partial charge in [0.25, 0.3) is 0 Å². The van der Waals surface area contributed by atoms with Crippen molar-refractivity contribution in [2.75, 3.05) is 0 Å². The number of benzene rings is 1. The zero-order chi connectivity index (χ0) is 20.5. The van der Waals surface area contributed by atoms with Crippen LogP contribution in [0.5, 0.6) is 0 Å². The third-order valence-corrected chi connectivity index (χ3v) is 7.96. The van der Waals surface area contributed by atoms with Gasteiger partial charge >= 0.3 is 0 Å². The molecule has 4 aliphatic heterocycles. The van der Waals surface area contributed by atoms with Gasteiger partial charge < -0.3 is 9.47 Å². The molecule has 1 aromatic heterocycles. The summed E-state index contributed by atoms with van der Waals surface area (Å²) in [6, 6.07) is 10.1.